The number of β-amino-alcohol motifs (C(OH)–C–C–N with tert-alkyl or cyclic N) is 1. The molecule has 2 aliphatic rings. The second-order valence-corrected chi connectivity index (χ2v) is 9.15. The fourth-order valence-electron chi connectivity index (χ4n) is 3.73. The number of piperidine rings is 1. The summed E-state index contributed by atoms with van der Waals surface area (Å²) < 4.78 is 27.1. The van der Waals surface area contributed by atoms with Crippen LogP contribution in [0.1, 0.15) is 36.0 Å². The van der Waals surface area contributed by atoms with E-state index < -0.39 is 15.6 Å². The Morgan fingerprint density at radius 1 is 1.12 bits per heavy atom. The summed E-state index contributed by atoms with van der Waals surface area (Å²) in [5.74, 6) is -0.251. The zero-order chi connectivity index (χ0) is 18.8. The van der Waals surface area contributed by atoms with Gasteiger partial charge in [0.1, 0.15) is 0 Å². The van der Waals surface area contributed by atoms with Gasteiger partial charge < -0.3 is 15.3 Å². The summed E-state index contributed by atoms with van der Waals surface area (Å²) in [6.07, 6.45) is 3.23. The third-order valence-electron chi connectivity index (χ3n) is 5.35. The molecule has 1 aromatic rings. The Labute approximate surface area is 155 Å². The first kappa shape index (κ1) is 19.3. The molecular formula is C18H27N3O4S. The number of likely N-dealkylation sites (tertiary alicyclic amines) is 1. The second-order valence-electron chi connectivity index (χ2n) is 7.22. The van der Waals surface area contributed by atoms with Crippen LogP contribution in [-0.2, 0) is 10.0 Å². The van der Waals surface area contributed by atoms with Crippen LogP contribution in [0.4, 0.5) is 0 Å². The molecule has 2 saturated heterocycles. The highest BCUT2D eigenvalue weighted by molar-refractivity contribution is 7.89. The fraction of sp³-hybridized carbons (Fsp3) is 0.611. The molecule has 2 N–H and O–H groups in total. The van der Waals surface area contributed by atoms with Gasteiger partial charge in [0.15, 0.2) is 0 Å². The fourth-order valence-corrected chi connectivity index (χ4v) is 5.17. The Morgan fingerprint density at radius 2 is 1.69 bits per heavy atom. The first-order valence-corrected chi connectivity index (χ1v) is 10.6. The van der Waals surface area contributed by atoms with Crippen LogP contribution in [-0.4, -0.2) is 74.0 Å². The second kappa shape index (κ2) is 7.64. The molecule has 0 atom stereocenters. The molecule has 0 unspecified atom stereocenters. The highest BCUT2D eigenvalue weighted by Crippen LogP contribution is 2.28. The van der Waals surface area contributed by atoms with Crippen molar-refractivity contribution < 1.29 is 18.3 Å². The maximum atomic E-state index is 12.8. The SMILES string of the molecule is CNC(=O)c1ccc(S(=O)(=O)N2CCC(O)(CN3CCCC3)CC2)cc1. The molecule has 2 aliphatic heterocycles. The van der Waals surface area contributed by atoms with Gasteiger partial charge in [0.25, 0.3) is 5.91 Å². The predicted octanol–water partition coefficient (Wildman–Crippen LogP) is 0.658. The van der Waals surface area contributed by atoms with Crippen LogP contribution in [0, 0.1) is 0 Å². The van der Waals surface area contributed by atoms with Crippen LogP contribution in [0.25, 0.3) is 0 Å². The maximum Gasteiger partial charge on any atom is 0.251 e. The topological polar surface area (TPSA) is 90.0 Å². The zero-order valence-electron chi connectivity index (χ0n) is 15.1. The highest BCUT2D eigenvalue weighted by Gasteiger charge is 2.38. The molecule has 7 nitrogen and oxygen atoms in total. The van der Waals surface area contributed by atoms with Gasteiger partial charge in [-0.3, -0.25) is 4.79 Å². The number of benzene rings is 1. The third-order valence-corrected chi connectivity index (χ3v) is 7.26. The van der Waals surface area contributed by atoms with Crippen molar-refractivity contribution in [3.05, 3.63) is 29.8 Å². The molecule has 0 aliphatic carbocycles. The van der Waals surface area contributed by atoms with E-state index in [-0.39, 0.29) is 10.8 Å². The summed E-state index contributed by atoms with van der Waals surface area (Å²) in [6.45, 7) is 3.28. The van der Waals surface area contributed by atoms with Crippen molar-refractivity contribution in [1.82, 2.24) is 14.5 Å². The van der Waals surface area contributed by atoms with Gasteiger partial charge >= 0.3 is 0 Å². The quantitative estimate of drug-likeness (QED) is 0.782. The van der Waals surface area contributed by atoms with Crippen LogP contribution in [0.5, 0.6) is 0 Å². The minimum atomic E-state index is -3.61. The molecule has 0 spiro atoms. The van der Waals surface area contributed by atoms with Gasteiger partial charge in [-0.2, -0.15) is 4.31 Å². The van der Waals surface area contributed by atoms with Gasteiger partial charge in [-0.1, -0.05) is 0 Å². The van der Waals surface area contributed by atoms with Crippen molar-refractivity contribution >= 4 is 15.9 Å². The molecular weight excluding hydrogens is 354 g/mol. The molecule has 1 amide bonds. The van der Waals surface area contributed by atoms with E-state index in [2.05, 4.69) is 10.2 Å². The number of hydrogen-bond donors (Lipinski definition) is 2. The van der Waals surface area contributed by atoms with Crippen molar-refractivity contribution in [3.8, 4) is 0 Å². The summed E-state index contributed by atoms with van der Waals surface area (Å²) in [4.78, 5) is 14.0. The van der Waals surface area contributed by atoms with Gasteiger partial charge in [-0.05, 0) is 63.0 Å². The Kier molecular flexibility index (Phi) is 5.67. The maximum absolute atomic E-state index is 12.8. The van der Waals surface area contributed by atoms with Crippen molar-refractivity contribution in [2.24, 2.45) is 0 Å². The first-order chi connectivity index (χ1) is 12.3. The smallest absolute Gasteiger partial charge is 0.251 e. The number of hydrogen-bond acceptors (Lipinski definition) is 5. The summed E-state index contributed by atoms with van der Waals surface area (Å²) in [7, 11) is -2.08. The van der Waals surface area contributed by atoms with Crippen molar-refractivity contribution in [1.29, 1.82) is 0 Å². The van der Waals surface area contributed by atoms with E-state index in [4.69, 9.17) is 0 Å². The summed E-state index contributed by atoms with van der Waals surface area (Å²) in [5, 5.41) is 13.3. The van der Waals surface area contributed by atoms with E-state index in [0.29, 0.717) is 38.0 Å². The van der Waals surface area contributed by atoms with Crippen LogP contribution < -0.4 is 5.32 Å². The summed E-state index contributed by atoms with van der Waals surface area (Å²) in [6, 6.07) is 5.95. The lowest BCUT2D eigenvalue weighted by Crippen LogP contribution is -2.51. The molecule has 26 heavy (non-hydrogen) atoms. The first-order valence-electron chi connectivity index (χ1n) is 9.11. The molecule has 8 heteroatoms. The highest BCUT2D eigenvalue weighted by atomic mass is 32.2. The number of sulfonamides is 1. The third kappa shape index (κ3) is 4.09. The van der Waals surface area contributed by atoms with Crippen molar-refractivity contribution in [3.63, 3.8) is 0 Å². The monoisotopic (exact) mass is 381 g/mol. The molecule has 0 aromatic heterocycles. The summed E-state index contributed by atoms with van der Waals surface area (Å²) in [5.41, 5.74) is -0.385. The number of nitrogens with zero attached hydrogens (tertiary/aromatic N) is 2. The van der Waals surface area contributed by atoms with Gasteiger partial charge in [0.05, 0.1) is 10.5 Å². The van der Waals surface area contributed by atoms with E-state index in [1.165, 1.54) is 48.5 Å². The predicted molar refractivity (Wildman–Crippen MR) is 98.4 cm³/mol. The molecule has 0 radical (unpaired) electrons. The van der Waals surface area contributed by atoms with Crippen LogP contribution >= 0.6 is 0 Å². The number of rotatable bonds is 5. The number of nitrogens with one attached hydrogen (secondary N) is 1. The van der Waals surface area contributed by atoms with Gasteiger partial charge in [0, 0.05) is 32.2 Å². The van der Waals surface area contributed by atoms with Crippen molar-refractivity contribution in [2.75, 3.05) is 39.8 Å². The van der Waals surface area contributed by atoms with E-state index >= 15 is 0 Å². The molecule has 3 rings (SSSR count). The Balaban J connectivity index is 1.64. The Bertz CT molecular complexity index is 734. The molecule has 0 saturated carbocycles. The van der Waals surface area contributed by atoms with Crippen LogP contribution in [0.2, 0.25) is 0 Å². The number of carbonyl (C=O) groups is 1. The molecule has 2 fully saturated rings. The van der Waals surface area contributed by atoms with E-state index in [1.807, 2.05) is 0 Å². The number of carbonyl (C=O) groups excluding carboxylic acids is 1. The Hall–Kier alpha value is -1.48. The normalized spacial score (nSPS) is 21.6. The molecule has 144 valence electrons. The van der Waals surface area contributed by atoms with Gasteiger partial charge in [-0.15, -0.1) is 0 Å². The average Bonchev–Trinajstić information content (AvgIpc) is 3.14. The minimum Gasteiger partial charge on any atom is -0.388 e. The van der Waals surface area contributed by atoms with E-state index in [9.17, 15) is 18.3 Å². The zero-order valence-corrected chi connectivity index (χ0v) is 16.0. The van der Waals surface area contributed by atoms with Gasteiger partial charge in [-0.25, -0.2) is 8.42 Å². The number of amides is 1. The van der Waals surface area contributed by atoms with Crippen LogP contribution in [0.3, 0.4) is 0 Å². The lowest BCUT2D eigenvalue weighted by Gasteiger charge is -2.39. The molecule has 2 heterocycles. The minimum absolute atomic E-state index is 0.176. The van der Waals surface area contributed by atoms with E-state index in [0.717, 1.165) is 13.1 Å². The standard InChI is InChI=1S/C18H27N3O4S/c1-19-17(22)15-4-6-16(7-5-15)26(24,25)21-12-8-18(23,9-13-21)14-20-10-2-3-11-20/h4-7,23H,2-3,8-14H2,1H3,(H,19,22). The lowest BCUT2D eigenvalue weighted by molar-refractivity contribution is -0.0284. The summed E-state index contributed by atoms with van der Waals surface area (Å²) >= 11 is 0. The van der Waals surface area contributed by atoms with Crippen LogP contribution in [0.15, 0.2) is 29.2 Å². The number of aliphatic hydroxyl groups is 1. The Morgan fingerprint density at radius 3 is 2.23 bits per heavy atom. The van der Waals surface area contributed by atoms with Gasteiger partial charge in [0.2, 0.25) is 10.0 Å². The van der Waals surface area contributed by atoms with E-state index in [1.54, 1.807) is 0 Å². The average molecular weight is 381 g/mol. The molecule has 1 aromatic carbocycles. The largest absolute Gasteiger partial charge is 0.388 e. The van der Waals surface area contributed by atoms with Crippen molar-refractivity contribution in [2.45, 2.75) is 36.2 Å². The lowest BCUT2D eigenvalue weighted by atomic mass is 9.92. The molecule has 0 bridgehead atoms.